The summed E-state index contributed by atoms with van der Waals surface area (Å²) in [6.07, 6.45) is 1.88. The van der Waals surface area contributed by atoms with Crippen LogP contribution in [-0.4, -0.2) is 17.5 Å². The highest BCUT2D eigenvalue weighted by molar-refractivity contribution is 6.35. The molecule has 0 radical (unpaired) electrons. The van der Waals surface area contributed by atoms with E-state index in [0.29, 0.717) is 16.3 Å². The second-order valence-electron chi connectivity index (χ2n) is 4.74. The molecule has 3 rings (SSSR count). The van der Waals surface area contributed by atoms with Crippen LogP contribution in [0.4, 0.5) is 0 Å². The van der Waals surface area contributed by atoms with Gasteiger partial charge in [0.05, 0.1) is 29.8 Å². The largest absolute Gasteiger partial charge is 0.496 e. The number of aromatic nitrogens is 1. The molecule has 4 heteroatoms. The van der Waals surface area contributed by atoms with E-state index in [2.05, 4.69) is 0 Å². The molecule has 0 atom stereocenters. The van der Waals surface area contributed by atoms with Gasteiger partial charge in [0.1, 0.15) is 5.75 Å². The normalized spacial score (nSPS) is 10.8. The van der Waals surface area contributed by atoms with E-state index < -0.39 is 0 Å². The van der Waals surface area contributed by atoms with E-state index >= 15 is 0 Å². The Morgan fingerprint density at radius 3 is 2.76 bits per heavy atom. The quantitative estimate of drug-likeness (QED) is 0.677. The number of ketones is 1. The summed E-state index contributed by atoms with van der Waals surface area (Å²) in [5.41, 5.74) is 1.45. The fourth-order valence-electron chi connectivity index (χ4n) is 2.46. The van der Waals surface area contributed by atoms with E-state index in [0.717, 1.165) is 10.9 Å². The van der Waals surface area contributed by atoms with Crippen LogP contribution in [0.5, 0.6) is 5.75 Å². The topological polar surface area (TPSA) is 31.2 Å². The van der Waals surface area contributed by atoms with Gasteiger partial charge in [-0.05, 0) is 24.3 Å². The maximum absolute atomic E-state index is 12.5. The van der Waals surface area contributed by atoms with Crippen LogP contribution in [0.1, 0.15) is 10.4 Å². The minimum absolute atomic E-state index is 0.00938. The smallest absolute Gasteiger partial charge is 0.186 e. The predicted molar refractivity (Wildman–Crippen MR) is 84.3 cm³/mol. The Morgan fingerprint density at radius 1 is 1.14 bits per heavy atom. The summed E-state index contributed by atoms with van der Waals surface area (Å²) in [5, 5.41) is 1.67. The van der Waals surface area contributed by atoms with E-state index in [1.807, 2.05) is 47.2 Å². The first-order chi connectivity index (χ1) is 10.2. The van der Waals surface area contributed by atoms with Crippen molar-refractivity contribution in [2.45, 2.75) is 6.54 Å². The summed E-state index contributed by atoms with van der Waals surface area (Å²) < 4.78 is 7.11. The van der Waals surface area contributed by atoms with Gasteiger partial charge >= 0.3 is 0 Å². The van der Waals surface area contributed by atoms with Crippen LogP contribution in [0.2, 0.25) is 5.02 Å². The molecule has 0 bridgehead atoms. The maximum atomic E-state index is 12.5. The molecule has 0 N–H and O–H groups in total. The first-order valence-corrected chi connectivity index (χ1v) is 6.98. The fraction of sp³-hybridized carbons (Fsp3) is 0.118. The van der Waals surface area contributed by atoms with Crippen molar-refractivity contribution in [1.82, 2.24) is 4.57 Å². The molecular weight excluding hydrogens is 286 g/mol. The number of carbonyl (C=O) groups is 1. The average Bonchev–Trinajstić information content (AvgIpc) is 2.91. The van der Waals surface area contributed by atoms with Crippen molar-refractivity contribution in [2.24, 2.45) is 0 Å². The fourth-order valence-corrected chi connectivity index (χ4v) is 2.75. The highest BCUT2D eigenvalue weighted by atomic mass is 35.5. The number of rotatable bonds is 4. The molecule has 0 aliphatic carbocycles. The van der Waals surface area contributed by atoms with Gasteiger partial charge < -0.3 is 9.30 Å². The third-order valence-electron chi connectivity index (χ3n) is 3.46. The van der Waals surface area contributed by atoms with Crippen molar-refractivity contribution in [3.63, 3.8) is 0 Å². The summed E-state index contributed by atoms with van der Waals surface area (Å²) in [4.78, 5) is 12.5. The first-order valence-electron chi connectivity index (χ1n) is 6.60. The van der Waals surface area contributed by atoms with Gasteiger partial charge in [-0.2, -0.15) is 0 Å². The summed E-state index contributed by atoms with van der Waals surface area (Å²) in [6, 6.07) is 14.9. The summed E-state index contributed by atoms with van der Waals surface area (Å²) in [5.74, 6) is 0.579. The summed E-state index contributed by atoms with van der Waals surface area (Å²) >= 11 is 6.23. The third kappa shape index (κ3) is 2.52. The van der Waals surface area contributed by atoms with Crippen LogP contribution < -0.4 is 4.74 Å². The molecule has 1 heterocycles. The molecule has 0 aliphatic heterocycles. The Balaban J connectivity index is 1.97. The third-order valence-corrected chi connectivity index (χ3v) is 3.77. The van der Waals surface area contributed by atoms with E-state index in [1.165, 1.54) is 0 Å². The average molecular weight is 300 g/mol. The highest BCUT2D eigenvalue weighted by Gasteiger charge is 2.14. The Labute approximate surface area is 127 Å². The van der Waals surface area contributed by atoms with Crippen LogP contribution in [0, 0.1) is 0 Å². The zero-order valence-electron chi connectivity index (χ0n) is 11.5. The highest BCUT2D eigenvalue weighted by Crippen LogP contribution is 2.25. The Kier molecular flexibility index (Phi) is 3.67. The van der Waals surface area contributed by atoms with Crippen LogP contribution in [0.3, 0.4) is 0 Å². The van der Waals surface area contributed by atoms with Crippen LogP contribution in [0.15, 0.2) is 54.7 Å². The molecule has 0 unspecified atom stereocenters. The van der Waals surface area contributed by atoms with Crippen molar-refractivity contribution in [2.75, 3.05) is 7.11 Å². The number of methoxy groups -OCH3 is 1. The van der Waals surface area contributed by atoms with Gasteiger partial charge in [0.2, 0.25) is 0 Å². The molecule has 1 aromatic heterocycles. The lowest BCUT2D eigenvalue weighted by Crippen LogP contribution is -2.10. The lowest BCUT2D eigenvalue weighted by molar-refractivity contribution is 0.0970. The molecule has 0 aliphatic rings. The molecular formula is C17H14ClNO2. The van der Waals surface area contributed by atoms with E-state index in [9.17, 15) is 4.79 Å². The second-order valence-corrected chi connectivity index (χ2v) is 5.15. The van der Waals surface area contributed by atoms with Gasteiger partial charge in [0.15, 0.2) is 5.78 Å². The number of fused-ring (bicyclic) bond motifs is 1. The number of nitrogens with zero attached hydrogens (tertiary/aromatic N) is 1. The molecule has 0 saturated carbocycles. The zero-order valence-corrected chi connectivity index (χ0v) is 12.3. The van der Waals surface area contributed by atoms with Crippen molar-refractivity contribution < 1.29 is 9.53 Å². The monoisotopic (exact) mass is 299 g/mol. The molecule has 0 fully saturated rings. The van der Waals surface area contributed by atoms with Crippen LogP contribution >= 0.6 is 11.6 Å². The van der Waals surface area contributed by atoms with Gasteiger partial charge in [0.25, 0.3) is 0 Å². The first kappa shape index (κ1) is 13.7. The van der Waals surface area contributed by atoms with Crippen LogP contribution in [-0.2, 0) is 6.54 Å². The molecule has 3 aromatic rings. The number of halogens is 1. The number of carbonyl (C=O) groups excluding carboxylic acids is 1. The number of hydrogen-bond donors (Lipinski definition) is 0. The molecule has 106 valence electrons. The van der Waals surface area contributed by atoms with Crippen molar-refractivity contribution in [1.29, 1.82) is 0 Å². The SMILES string of the molecule is COc1ccccc1C(=O)Cn1ccc2cccc(Cl)c21. The zero-order chi connectivity index (χ0) is 14.8. The molecule has 21 heavy (non-hydrogen) atoms. The minimum atomic E-state index is -0.00938. The van der Waals surface area contributed by atoms with Gasteiger partial charge in [-0.3, -0.25) is 4.79 Å². The number of hydrogen-bond acceptors (Lipinski definition) is 2. The second kappa shape index (κ2) is 5.62. The molecule has 0 amide bonds. The number of Topliss-reactive ketones (excluding diaryl/α,β-unsaturated/α-hetero) is 1. The summed E-state index contributed by atoms with van der Waals surface area (Å²) in [6.45, 7) is 0.230. The molecule has 2 aromatic carbocycles. The van der Waals surface area contributed by atoms with Gasteiger partial charge in [-0.1, -0.05) is 35.9 Å². The summed E-state index contributed by atoms with van der Waals surface area (Å²) in [7, 11) is 1.56. The van der Waals surface area contributed by atoms with E-state index in [4.69, 9.17) is 16.3 Å². The van der Waals surface area contributed by atoms with Crippen LogP contribution in [0.25, 0.3) is 10.9 Å². The van der Waals surface area contributed by atoms with Gasteiger partial charge in [-0.15, -0.1) is 0 Å². The Bertz CT molecular complexity index is 807. The van der Waals surface area contributed by atoms with Gasteiger partial charge in [-0.25, -0.2) is 0 Å². The number of ether oxygens (including phenoxy) is 1. The minimum Gasteiger partial charge on any atom is -0.496 e. The number of benzene rings is 2. The van der Waals surface area contributed by atoms with Crippen molar-refractivity contribution in [3.05, 3.63) is 65.3 Å². The van der Waals surface area contributed by atoms with Crippen molar-refractivity contribution >= 4 is 28.3 Å². The Morgan fingerprint density at radius 2 is 1.95 bits per heavy atom. The van der Waals surface area contributed by atoms with Gasteiger partial charge in [0, 0.05) is 11.6 Å². The predicted octanol–water partition coefficient (Wildman–Crippen LogP) is 4.19. The maximum Gasteiger partial charge on any atom is 0.186 e. The molecule has 0 saturated heterocycles. The van der Waals surface area contributed by atoms with Crippen molar-refractivity contribution in [3.8, 4) is 5.75 Å². The van der Waals surface area contributed by atoms with E-state index in [1.54, 1.807) is 19.2 Å². The van der Waals surface area contributed by atoms with E-state index in [-0.39, 0.29) is 12.3 Å². The standard InChI is InChI=1S/C17H14ClNO2/c1-21-16-8-3-2-6-13(16)15(20)11-19-10-9-12-5-4-7-14(18)17(12)19/h2-10H,11H2,1H3. The Hall–Kier alpha value is -2.26. The molecule has 0 spiro atoms. The lowest BCUT2D eigenvalue weighted by Gasteiger charge is -2.09. The molecule has 3 nitrogen and oxygen atoms in total. The lowest BCUT2D eigenvalue weighted by atomic mass is 10.1. The number of para-hydroxylation sites is 2.